The highest BCUT2D eigenvalue weighted by atomic mass is 35.5. The summed E-state index contributed by atoms with van der Waals surface area (Å²) in [6, 6.07) is 3.85. The SMILES string of the molecule is COc1c(C(N)c2scc(C)c2Cl)ccc(C)c1C. The minimum atomic E-state index is -0.250. The molecule has 1 aromatic carbocycles. The van der Waals surface area contributed by atoms with Gasteiger partial charge in [0.2, 0.25) is 0 Å². The Labute approximate surface area is 123 Å². The molecule has 2 N–H and O–H groups in total. The third-order valence-corrected chi connectivity index (χ3v) is 5.25. The van der Waals surface area contributed by atoms with Gasteiger partial charge in [-0.2, -0.15) is 0 Å². The van der Waals surface area contributed by atoms with Crippen LogP contribution in [0.3, 0.4) is 0 Å². The third-order valence-electron chi connectivity index (χ3n) is 3.45. The van der Waals surface area contributed by atoms with E-state index < -0.39 is 0 Å². The highest BCUT2D eigenvalue weighted by molar-refractivity contribution is 7.10. The Kier molecular flexibility index (Phi) is 4.19. The molecule has 0 aliphatic rings. The minimum absolute atomic E-state index is 0.250. The van der Waals surface area contributed by atoms with Gasteiger partial charge in [0.1, 0.15) is 5.75 Å². The lowest BCUT2D eigenvalue weighted by Crippen LogP contribution is -2.13. The summed E-state index contributed by atoms with van der Waals surface area (Å²) in [7, 11) is 1.68. The van der Waals surface area contributed by atoms with Gasteiger partial charge in [0.15, 0.2) is 0 Å². The zero-order chi connectivity index (χ0) is 14.2. The van der Waals surface area contributed by atoms with Crippen molar-refractivity contribution in [3.8, 4) is 5.75 Å². The maximum atomic E-state index is 6.37. The second-order valence-electron chi connectivity index (χ2n) is 4.70. The number of hydrogen-bond donors (Lipinski definition) is 1. The molecule has 0 saturated carbocycles. The fourth-order valence-corrected chi connectivity index (χ4v) is 3.46. The van der Waals surface area contributed by atoms with Crippen molar-refractivity contribution < 1.29 is 4.74 Å². The van der Waals surface area contributed by atoms with E-state index in [0.717, 1.165) is 32.3 Å². The molecule has 1 atom stereocenters. The van der Waals surface area contributed by atoms with Crippen molar-refractivity contribution in [3.05, 3.63) is 49.7 Å². The molecule has 1 heterocycles. The number of hydrogen-bond acceptors (Lipinski definition) is 3. The van der Waals surface area contributed by atoms with Crippen LogP contribution in [0.15, 0.2) is 17.5 Å². The minimum Gasteiger partial charge on any atom is -0.496 e. The topological polar surface area (TPSA) is 35.2 Å². The summed E-state index contributed by atoms with van der Waals surface area (Å²) in [4.78, 5) is 0.987. The molecule has 0 bridgehead atoms. The van der Waals surface area contributed by atoms with E-state index in [9.17, 15) is 0 Å². The van der Waals surface area contributed by atoms with Crippen LogP contribution in [0.5, 0.6) is 5.75 Å². The summed E-state index contributed by atoms with van der Waals surface area (Å²) in [6.07, 6.45) is 0. The second kappa shape index (κ2) is 5.53. The van der Waals surface area contributed by atoms with Crippen molar-refractivity contribution in [1.29, 1.82) is 0 Å². The van der Waals surface area contributed by atoms with Crippen LogP contribution in [0.25, 0.3) is 0 Å². The van der Waals surface area contributed by atoms with Crippen LogP contribution in [-0.2, 0) is 0 Å². The van der Waals surface area contributed by atoms with E-state index >= 15 is 0 Å². The Hall–Kier alpha value is -1.03. The first-order valence-corrected chi connectivity index (χ1v) is 7.36. The van der Waals surface area contributed by atoms with Crippen molar-refractivity contribution >= 4 is 22.9 Å². The van der Waals surface area contributed by atoms with Crippen molar-refractivity contribution in [2.75, 3.05) is 7.11 Å². The van der Waals surface area contributed by atoms with Gasteiger partial charge in [-0.05, 0) is 42.8 Å². The largest absolute Gasteiger partial charge is 0.496 e. The average Bonchev–Trinajstić information content (AvgIpc) is 2.72. The van der Waals surface area contributed by atoms with Crippen LogP contribution in [-0.4, -0.2) is 7.11 Å². The quantitative estimate of drug-likeness (QED) is 0.912. The lowest BCUT2D eigenvalue weighted by molar-refractivity contribution is 0.404. The highest BCUT2D eigenvalue weighted by Crippen LogP contribution is 2.39. The zero-order valence-electron chi connectivity index (χ0n) is 11.6. The predicted octanol–water partition coefficient (Wildman–Crippen LogP) is 4.38. The zero-order valence-corrected chi connectivity index (χ0v) is 13.2. The summed E-state index contributed by atoms with van der Waals surface area (Å²) in [5, 5.41) is 2.79. The van der Waals surface area contributed by atoms with Crippen LogP contribution in [0.1, 0.15) is 33.2 Å². The Morgan fingerprint density at radius 3 is 2.42 bits per heavy atom. The van der Waals surface area contributed by atoms with Gasteiger partial charge >= 0.3 is 0 Å². The molecule has 2 rings (SSSR count). The fourth-order valence-electron chi connectivity index (χ4n) is 2.13. The molecule has 0 fully saturated rings. The van der Waals surface area contributed by atoms with E-state index in [1.165, 1.54) is 5.56 Å². The van der Waals surface area contributed by atoms with Crippen molar-refractivity contribution in [2.24, 2.45) is 5.73 Å². The number of thiophene rings is 1. The van der Waals surface area contributed by atoms with Gasteiger partial charge in [0.25, 0.3) is 0 Å². The van der Waals surface area contributed by atoms with Gasteiger partial charge in [-0.1, -0.05) is 23.7 Å². The van der Waals surface area contributed by atoms with Gasteiger partial charge < -0.3 is 10.5 Å². The number of benzene rings is 1. The molecule has 2 aromatic rings. The van der Waals surface area contributed by atoms with Gasteiger partial charge in [-0.15, -0.1) is 11.3 Å². The third kappa shape index (κ3) is 2.50. The molecule has 0 spiro atoms. The number of rotatable bonds is 3. The average molecular weight is 296 g/mol. The summed E-state index contributed by atoms with van der Waals surface area (Å²) in [5.74, 6) is 0.856. The monoisotopic (exact) mass is 295 g/mol. The number of aryl methyl sites for hydroxylation is 2. The second-order valence-corrected chi connectivity index (χ2v) is 5.99. The molecule has 1 unspecified atom stereocenters. The standard InChI is InChI=1S/C15H18ClNOS/c1-8-5-6-11(14(18-4)10(8)3)13(17)15-12(16)9(2)7-19-15/h5-7,13H,17H2,1-4H3. The van der Waals surface area contributed by atoms with Crippen LogP contribution >= 0.6 is 22.9 Å². The number of methoxy groups -OCH3 is 1. The van der Waals surface area contributed by atoms with Crippen LogP contribution < -0.4 is 10.5 Å². The number of halogens is 1. The Balaban J connectivity index is 2.53. The molecule has 19 heavy (non-hydrogen) atoms. The predicted molar refractivity (Wildman–Crippen MR) is 82.6 cm³/mol. The maximum Gasteiger partial charge on any atom is 0.127 e. The Bertz CT molecular complexity index is 606. The van der Waals surface area contributed by atoms with Gasteiger partial charge in [-0.3, -0.25) is 0 Å². The number of nitrogens with two attached hydrogens (primary N) is 1. The fraction of sp³-hybridized carbons (Fsp3) is 0.333. The molecule has 0 saturated heterocycles. The molecule has 4 heteroatoms. The molecule has 0 radical (unpaired) electrons. The smallest absolute Gasteiger partial charge is 0.127 e. The van der Waals surface area contributed by atoms with Crippen LogP contribution in [0.2, 0.25) is 5.02 Å². The first-order chi connectivity index (χ1) is 8.97. The normalized spacial score (nSPS) is 12.5. The summed E-state index contributed by atoms with van der Waals surface area (Å²) >= 11 is 7.91. The first-order valence-electron chi connectivity index (χ1n) is 6.10. The van der Waals surface area contributed by atoms with Crippen LogP contribution in [0, 0.1) is 20.8 Å². The van der Waals surface area contributed by atoms with E-state index in [4.69, 9.17) is 22.1 Å². The van der Waals surface area contributed by atoms with Gasteiger partial charge in [-0.25, -0.2) is 0 Å². The first kappa shape index (κ1) is 14.4. The molecule has 0 aliphatic heterocycles. The summed E-state index contributed by atoms with van der Waals surface area (Å²) in [6.45, 7) is 6.10. The molecule has 0 aliphatic carbocycles. The highest BCUT2D eigenvalue weighted by Gasteiger charge is 2.20. The van der Waals surface area contributed by atoms with Crippen molar-refractivity contribution in [2.45, 2.75) is 26.8 Å². The van der Waals surface area contributed by atoms with E-state index in [1.807, 2.05) is 25.3 Å². The molecule has 1 aromatic heterocycles. The van der Waals surface area contributed by atoms with Gasteiger partial charge in [0.05, 0.1) is 18.2 Å². The lowest BCUT2D eigenvalue weighted by atomic mass is 9.98. The van der Waals surface area contributed by atoms with Gasteiger partial charge in [0, 0.05) is 10.4 Å². The van der Waals surface area contributed by atoms with Crippen molar-refractivity contribution in [1.82, 2.24) is 0 Å². The molecule has 102 valence electrons. The summed E-state index contributed by atoms with van der Waals surface area (Å²) in [5.41, 5.74) is 10.7. The van der Waals surface area contributed by atoms with E-state index in [0.29, 0.717) is 0 Å². The maximum absolute atomic E-state index is 6.37. The molecular weight excluding hydrogens is 278 g/mol. The molecular formula is C15H18ClNOS. The van der Waals surface area contributed by atoms with Crippen LogP contribution in [0.4, 0.5) is 0 Å². The molecule has 0 amide bonds. The number of ether oxygens (including phenoxy) is 1. The summed E-state index contributed by atoms with van der Waals surface area (Å²) < 4.78 is 5.53. The van der Waals surface area contributed by atoms with E-state index in [1.54, 1.807) is 18.4 Å². The van der Waals surface area contributed by atoms with Crippen molar-refractivity contribution in [3.63, 3.8) is 0 Å². The Morgan fingerprint density at radius 2 is 1.89 bits per heavy atom. The lowest BCUT2D eigenvalue weighted by Gasteiger charge is -2.18. The Morgan fingerprint density at radius 1 is 1.21 bits per heavy atom. The van der Waals surface area contributed by atoms with E-state index in [-0.39, 0.29) is 6.04 Å². The molecule has 2 nitrogen and oxygen atoms in total. The van der Waals surface area contributed by atoms with E-state index in [2.05, 4.69) is 13.0 Å².